The maximum atomic E-state index is 13.3. The number of rotatable bonds is 9. The van der Waals surface area contributed by atoms with E-state index in [2.05, 4.69) is 15.3 Å². The Balaban J connectivity index is 1.42. The molecule has 10 heteroatoms. The molecule has 0 fully saturated rings. The van der Waals surface area contributed by atoms with Crippen LogP contribution < -0.4 is 10.1 Å². The van der Waals surface area contributed by atoms with Gasteiger partial charge in [0.1, 0.15) is 17.6 Å². The monoisotopic (exact) mass is 494 g/mol. The molecular formula is C25H26N4O5S. The van der Waals surface area contributed by atoms with Gasteiger partial charge in [0, 0.05) is 24.1 Å². The minimum Gasteiger partial charge on any atom is -0.496 e. The zero-order valence-electron chi connectivity index (χ0n) is 19.5. The van der Waals surface area contributed by atoms with Crippen molar-refractivity contribution in [3.8, 4) is 5.75 Å². The standard InChI is InChI=1S/C25H26N4O5S/c1-3-34-22(31)15-35-25-28-18-10-6-5-9-17(18)23-27-19(24(32)29(23)25)12-13-21(30)26-14-16-8-4-7-11-20(16)33-2/h4-11,19H,3,12-15H2,1-2H3,(H,26,30)/t19-/m1/s1. The van der Waals surface area contributed by atoms with Gasteiger partial charge in [0.15, 0.2) is 5.17 Å². The second-order valence-corrected chi connectivity index (χ2v) is 8.72. The van der Waals surface area contributed by atoms with Crippen molar-refractivity contribution in [1.29, 1.82) is 0 Å². The number of para-hydroxylation sites is 2. The Morgan fingerprint density at radius 3 is 2.71 bits per heavy atom. The number of nitrogens with one attached hydrogen (secondary N) is 1. The summed E-state index contributed by atoms with van der Waals surface area (Å²) >= 11 is 1.13. The molecule has 0 spiro atoms. The van der Waals surface area contributed by atoms with E-state index < -0.39 is 6.04 Å². The number of amides is 2. The van der Waals surface area contributed by atoms with Gasteiger partial charge in [0.2, 0.25) is 5.91 Å². The lowest BCUT2D eigenvalue weighted by atomic mass is 10.1. The van der Waals surface area contributed by atoms with Gasteiger partial charge in [0.25, 0.3) is 5.91 Å². The Morgan fingerprint density at radius 1 is 1.14 bits per heavy atom. The largest absolute Gasteiger partial charge is 0.496 e. The third-order valence-corrected chi connectivity index (χ3v) is 6.40. The molecule has 0 saturated heterocycles. The summed E-state index contributed by atoms with van der Waals surface area (Å²) < 4.78 is 10.3. The summed E-state index contributed by atoms with van der Waals surface area (Å²) in [5.74, 6) is 0.399. The van der Waals surface area contributed by atoms with Crippen LogP contribution in [0.1, 0.15) is 30.9 Å². The topological polar surface area (TPSA) is 110 Å². The van der Waals surface area contributed by atoms with E-state index in [1.54, 1.807) is 14.0 Å². The highest BCUT2D eigenvalue weighted by atomic mass is 32.2. The summed E-state index contributed by atoms with van der Waals surface area (Å²) in [6.07, 6.45) is 0.398. The van der Waals surface area contributed by atoms with Crippen molar-refractivity contribution in [2.24, 2.45) is 9.98 Å². The van der Waals surface area contributed by atoms with Crippen LogP contribution >= 0.6 is 11.8 Å². The molecule has 2 heterocycles. The number of fused-ring (bicyclic) bond motifs is 3. The Hall–Kier alpha value is -3.66. The first-order valence-electron chi connectivity index (χ1n) is 11.3. The number of nitrogens with zero attached hydrogens (tertiary/aromatic N) is 3. The molecule has 9 nitrogen and oxygen atoms in total. The molecule has 0 aromatic heterocycles. The number of aliphatic imine (C=N–C) groups is 2. The summed E-state index contributed by atoms with van der Waals surface area (Å²) in [5.41, 5.74) is 2.29. The van der Waals surface area contributed by atoms with E-state index in [4.69, 9.17) is 9.47 Å². The number of amidine groups is 2. The van der Waals surface area contributed by atoms with Gasteiger partial charge >= 0.3 is 5.97 Å². The van der Waals surface area contributed by atoms with Gasteiger partial charge in [-0.1, -0.05) is 42.1 Å². The molecule has 2 amide bonds. The van der Waals surface area contributed by atoms with Crippen LogP contribution in [-0.4, -0.2) is 59.2 Å². The predicted octanol–water partition coefficient (Wildman–Crippen LogP) is 3.05. The van der Waals surface area contributed by atoms with Crippen molar-refractivity contribution >= 4 is 46.2 Å². The quantitative estimate of drug-likeness (QED) is 0.537. The van der Waals surface area contributed by atoms with Crippen LogP contribution in [0.5, 0.6) is 5.75 Å². The van der Waals surface area contributed by atoms with E-state index in [1.165, 1.54) is 4.90 Å². The Morgan fingerprint density at radius 2 is 1.91 bits per heavy atom. The summed E-state index contributed by atoms with van der Waals surface area (Å²) in [4.78, 5) is 48.3. The lowest BCUT2D eigenvalue weighted by molar-refractivity contribution is -0.139. The molecule has 0 aliphatic carbocycles. The average Bonchev–Trinajstić information content (AvgIpc) is 3.21. The smallest absolute Gasteiger partial charge is 0.316 e. The normalized spacial score (nSPS) is 16.1. The Labute approximate surface area is 207 Å². The molecule has 0 radical (unpaired) electrons. The molecule has 1 N–H and O–H groups in total. The van der Waals surface area contributed by atoms with Crippen LogP contribution in [0.4, 0.5) is 5.69 Å². The van der Waals surface area contributed by atoms with Crippen LogP contribution in [0.15, 0.2) is 58.5 Å². The van der Waals surface area contributed by atoms with Crippen molar-refractivity contribution in [2.75, 3.05) is 19.5 Å². The maximum absolute atomic E-state index is 13.3. The highest BCUT2D eigenvalue weighted by Crippen LogP contribution is 2.34. The minimum atomic E-state index is -0.707. The lowest BCUT2D eigenvalue weighted by Crippen LogP contribution is -2.41. The van der Waals surface area contributed by atoms with E-state index in [0.717, 1.165) is 22.9 Å². The second-order valence-electron chi connectivity index (χ2n) is 7.77. The number of benzene rings is 2. The van der Waals surface area contributed by atoms with Crippen molar-refractivity contribution in [3.63, 3.8) is 0 Å². The van der Waals surface area contributed by atoms with Gasteiger partial charge in [0.05, 0.1) is 25.2 Å². The van der Waals surface area contributed by atoms with Gasteiger partial charge < -0.3 is 14.8 Å². The van der Waals surface area contributed by atoms with Gasteiger partial charge in [-0.05, 0) is 31.5 Å². The van der Waals surface area contributed by atoms with Crippen molar-refractivity contribution in [1.82, 2.24) is 10.2 Å². The van der Waals surface area contributed by atoms with Crippen molar-refractivity contribution in [3.05, 3.63) is 59.7 Å². The molecule has 0 bridgehead atoms. The van der Waals surface area contributed by atoms with Crippen LogP contribution in [0, 0.1) is 0 Å². The van der Waals surface area contributed by atoms with Crippen LogP contribution in [0.2, 0.25) is 0 Å². The van der Waals surface area contributed by atoms with E-state index >= 15 is 0 Å². The maximum Gasteiger partial charge on any atom is 0.316 e. The SMILES string of the molecule is CCOC(=O)CSC1=Nc2ccccc2C2=N[C@H](CCC(=O)NCc3ccccc3OC)C(=O)N12. The van der Waals surface area contributed by atoms with E-state index in [-0.39, 0.29) is 43.0 Å². The number of methoxy groups -OCH3 is 1. The van der Waals surface area contributed by atoms with Crippen molar-refractivity contribution in [2.45, 2.75) is 32.4 Å². The average molecular weight is 495 g/mol. The van der Waals surface area contributed by atoms with Crippen LogP contribution in [-0.2, 0) is 25.7 Å². The molecule has 0 saturated carbocycles. The third kappa shape index (κ3) is 5.54. The fraction of sp³-hybridized carbons (Fsp3) is 0.320. The zero-order chi connectivity index (χ0) is 24.8. The number of hydrogen-bond donors (Lipinski definition) is 1. The van der Waals surface area contributed by atoms with Crippen LogP contribution in [0.25, 0.3) is 0 Å². The molecule has 4 rings (SSSR count). The molecular weight excluding hydrogens is 468 g/mol. The summed E-state index contributed by atoms with van der Waals surface area (Å²) in [5, 5.41) is 3.25. The van der Waals surface area contributed by atoms with E-state index in [1.807, 2.05) is 48.5 Å². The summed E-state index contributed by atoms with van der Waals surface area (Å²) in [6.45, 7) is 2.35. The third-order valence-electron chi connectivity index (χ3n) is 5.49. The lowest BCUT2D eigenvalue weighted by Gasteiger charge is -2.25. The molecule has 1 atom stereocenters. The second kappa shape index (κ2) is 11.2. The van der Waals surface area contributed by atoms with Gasteiger partial charge in [-0.15, -0.1) is 0 Å². The van der Waals surface area contributed by atoms with E-state index in [9.17, 15) is 14.4 Å². The molecule has 2 aliphatic rings. The zero-order valence-corrected chi connectivity index (χ0v) is 20.3. The predicted molar refractivity (Wildman–Crippen MR) is 134 cm³/mol. The summed E-state index contributed by atoms with van der Waals surface area (Å²) in [6, 6.07) is 14.2. The van der Waals surface area contributed by atoms with Gasteiger partial charge in [-0.3, -0.25) is 19.4 Å². The number of esters is 1. The van der Waals surface area contributed by atoms with E-state index in [0.29, 0.717) is 29.0 Å². The molecule has 2 aromatic rings. The molecule has 182 valence electrons. The molecule has 2 aliphatic heterocycles. The highest BCUT2D eigenvalue weighted by molar-refractivity contribution is 8.14. The first kappa shape index (κ1) is 24.5. The Kier molecular flexibility index (Phi) is 7.81. The molecule has 35 heavy (non-hydrogen) atoms. The number of carbonyl (C=O) groups is 3. The summed E-state index contributed by atoms with van der Waals surface area (Å²) in [7, 11) is 1.58. The fourth-order valence-corrected chi connectivity index (χ4v) is 4.61. The molecule has 0 unspecified atom stereocenters. The van der Waals surface area contributed by atoms with Gasteiger partial charge in [-0.2, -0.15) is 0 Å². The first-order valence-corrected chi connectivity index (χ1v) is 12.3. The van der Waals surface area contributed by atoms with Crippen LogP contribution in [0.3, 0.4) is 0 Å². The number of carbonyl (C=O) groups excluding carboxylic acids is 3. The number of thioether (sulfide) groups is 1. The first-order chi connectivity index (χ1) is 17.0. The molecule has 2 aromatic carbocycles. The highest BCUT2D eigenvalue weighted by Gasteiger charge is 2.41. The van der Waals surface area contributed by atoms with Crippen molar-refractivity contribution < 1.29 is 23.9 Å². The number of ether oxygens (including phenoxy) is 2. The van der Waals surface area contributed by atoms with Gasteiger partial charge in [-0.25, -0.2) is 9.89 Å². The minimum absolute atomic E-state index is 0.0297. The fourth-order valence-electron chi connectivity index (χ4n) is 3.81. The number of hydrogen-bond acceptors (Lipinski definition) is 8. The Bertz CT molecular complexity index is 1200.